The van der Waals surface area contributed by atoms with E-state index in [2.05, 4.69) is 26.2 Å². The van der Waals surface area contributed by atoms with E-state index >= 15 is 0 Å². The first-order valence-corrected chi connectivity index (χ1v) is 6.42. The van der Waals surface area contributed by atoms with Gasteiger partial charge in [0.25, 0.3) is 11.6 Å². The van der Waals surface area contributed by atoms with Gasteiger partial charge in [-0.05, 0) is 34.1 Å². The van der Waals surface area contributed by atoms with E-state index in [1.165, 1.54) is 36.5 Å². The number of hydrogen-bond acceptors (Lipinski definition) is 5. The molecule has 0 saturated heterocycles. The van der Waals surface area contributed by atoms with Gasteiger partial charge in [0, 0.05) is 12.3 Å². The summed E-state index contributed by atoms with van der Waals surface area (Å²) in [6.07, 6.45) is 1.32. The number of nitrogens with one attached hydrogen (secondary N) is 1. The highest BCUT2D eigenvalue weighted by molar-refractivity contribution is 9.10. The summed E-state index contributed by atoms with van der Waals surface area (Å²) in [6, 6.07) is 9.06. The summed E-state index contributed by atoms with van der Waals surface area (Å²) in [5, 5.41) is 22.0. The molecule has 0 radical (unpaired) electrons. The fraction of sp³-hybridized carbons (Fsp3) is 0. The van der Waals surface area contributed by atoms with Crippen molar-refractivity contribution in [3.8, 4) is 6.07 Å². The van der Waals surface area contributed by atoms with E-state index in [0.29, 0.717) is 5.56 Å². The lowest BCUT2D eigenvalue weighted by atomic mass is 10.2. The van der Waals surface area contributed by atoms with Crippen molar-refractivity contribution in [2.24, 2.45) is 0 Å². The molecule has 1 aromatic carbocycles. The second-order valence-corrected chi connectivity index (χ2v) is 4.69. The number of rotatable bonds is 3. The molecule has 0 aliphatic rings. The molecule has 0 atom stereocenters. The quantitative estimate of drug-likeness (QED) is 0.678. The van der Waals surface area contributed by atoms with Crippen LogP contribution >= 0.6 is 15.9 Å². The van der Waals surface area contributed by atoms with E-state index in [9.17, 15) is 14.9 Å². The molecule has 8 heteroatoms. The molecule has 0 aliphatic carbocycles. The molecule has 2 aromatic rings. The SMILES string of the molecule is N#Cc1ccc(NC(=O)c2cccc([N+](=O)[O-])c2Br)nc1. The summed E-state index contributed by atoms with van der Waals surface area (Å²) in [5.74, 6) is -0.291. The first-order chi connectivity index (χ1) is 10.0. The Morgan fingerprint density at radius 2 is 2.14 bits per heavy atom. The highest BCUT2D eigenvalue weighted by Crippen LogP contribution is 2.28. The number of nitro benzene ring substituents is 1. The average molecular weight is 347 g/mol. The number of anilines is 1. The number of aromatic nitrogens is 1. The van der Waals surface area contributed by atoms with Crippen LogP contribution in [-0.4, -0.2) is 15.8 Å². The molecule has 21 heavy (non-hydrogen) atoms. The molecule has 0 spiro atoms. The van der Waals surface area contributed by atoms with Gasteiger partial charge >= 0.3 is 0 Å². The number of amides is 1. The van der Waals surface area contributed by atoms with Gasteiger partial charge in [-0.15, -0.1) is 0 Å². The van der Waals surface area contributed by atoms with Crippen LogP contribution in [0.15, 0.2) is 41.0 Å². The molecule has 2 rings (SSSR count). The summed E-state index contributed by atoms with van der Waals surface area (Å²) in [7, 11) is 0. The topological polar surface area (TPSA) is 109 Å². The van der Waals surface area contributed by atoms with Crippen LogP contribution in [0.3, 0.4) is 0 Å². The molecule has 104 valence electrons. The second-order valence-electron chi connectivity index (χ2n) is 3.89. The van der Waals surface area contributed by atoms with E-state index in [1.807, 2.05) is 6.07 Å². The molecule has 0 unspecified atom stereocenters. The third-order valence-electron chi connectivity index (χ3n) is 2.55. The molecule has 0 saturated carbocycles. The van der Waals surface area contributed by atoms with Gasteiger partial charge in [0.1, 0.15) is 16.4 Å². The summed E-state index contributed by atoms with van der Waals surface area (Å²) in [5.41, 5.74) is 0.287. The molecule has 0 bridgehead atoms. The smallest absolute Gasteiger partial charge is 0.284 e. The third-order valence-corrected chi connectivity index (χ3v) is 3.39. The zero-order valence-electron chi connectivity index (χ0n) is 10.4. The van der Waals surface area contributed by atoms with Crippen molar-refractivity contribution in [2.45, 2.75) is 0 Å². The van der Waals surface area contributed by atoms with Crippen molar-refractivity contribution >= 4 is 33.3 Å². The fourth-order valence-electron chi connectivity index (χ4n) is 1.55. The molecule has 1 aromatic heterocycles. The highest BCUT2D eigenvalue weighted by atomic mass is 79.9. The minimum absolute atomic E-state index is 0.0983. The van der Waals surface area contributed by atoms with Crippen LogP contribution in [0.5, 0.6) is 0 Å². The van der Waals surface area contributed by atoms with E-state index < -0.39 is 10.8 Å². The normalized spacial score (nSPS) is 9.71. The maximum atomic E-state index is 12.1. The number of carbonyl (C=O) groups excluding carboxylic acids is 1. The predicted octanol–water partition coefficient (Wildman–Crippen LogP) is 2.88. The van der Waals surface area contributed by atoms with Crippen LogP contribution in [-0.2, 0) is 0 Å². The summed E-state index contributed by atoms with van der Waals surface area (Å²) in [4.78, 5) is 26.2. The Hall–Kier alpha value is -2.79. The first-order valence-electron chi connectivity index (χ1n) is 5.63. The van der Waals surface area contributed by atoms with Gasteiger partial charge in [-0.25, -0.2) is 4.98 Å². The molecular formula is C13H7BrN4O3. The summed E-state index contributed by atoms with van der Waals surface area (Å²) in [6.45, 7) is 0. The lowest BCUT2D eigenvalue weighted by molar-refractivity contribution is -0.385. The predicted molar refractivity (Wildman–Crippen MR) is 77.7 cm³/mol. The Morgan fingerprint density at radius 3 is 2.71 bits per heavy atom. The monoisotopic (exact) mass is 346 g/mol. The second kappa shape index (κ2) is 6.11. The first kappa shape index (κ1) is 14.6. The molecular weight excluding hydrogens is 340 g/mol. The van der Waals surface area contributed by atoms with Crippen LogP contribution in [0.2, 0.25) is 0 Å². The number of nitrogens with zero attached hydrogens (tertiary/aromatic N) is 3. The van der Waals surface area contributed by atoms with Crippen LogP contribution < -0.4 is 5.32 Å². The van der Waals surface area contributed by atoms with Crippen molar-refractivity contribution in [3.63, 3.8) is 0 Å². The minimum Gasteiger partial charge on any atom is -0.307 e. The van der Waals surface area contributed by atoms with Crippen molar-refractivity contribution in [2.75, 3.05) is 5.32 Å². The standard InChI is InChI=1S/C13H7BrN4O3/c14-12-9(2-1-3-10(12)18(20)21)13(19)17-11-5-4-8(6-15)7-16-11/h1-5,7H,(H,16,17,19). The van der Waals surface area contributed by atoms with Crippen molar-refractivity contribution in [3.05, 3.63) is 62.2 Å². The zero-order chi connectivity index (χ0) is 15.4. The third kappa shape index (κ3) is 3.21. The molecule has 0 fully saturated rings. The number of nitro groups is 1. The molecule has 0 aliphatic heterocycles. The number of carbonyl (C=O) groups is 1. The fourth-order valence-corrected chi connectivity index (χ4v) is 2.14. The van der Waals surface area contributed by atoms with Gasteiger partial charge in [-0.3, -0.25) is 14.9 Å². The maximum Gasteiger partial charge on any atom is 0.284 e. The Bertz CT molecular complexity index is 753. The van der Waals surface area contributed by atoms with Gasteiger partial charge in [0.15, 0.2) is 0 Å². The van der Waals surface area contributed by atoms with Gasteiger partial charge < -0.3 is 5.32 Å². The molecule has 7 nitrogen and oxygen atoms in total. The highest BCUT2D eigenvalue weighted by Gasteiger charge is 2.19. The number of benzene rings is 1. The van der Waals surface area contributed by atoms with E-state index in [4.69, 9.17) is 5.26 Å². The number of nitriles is 1. The zero-order valence-corrected chi connectivity index (χ0v) is 12.0. The maximum absolute atomic E-state index is 12.1. The largest absolute Gasteiger partial charge is 0.307 e. The average Bonchev–Trinajstić information content (AvgIpc) is 2.47. The van der Waals surface area contributed by atoms with E-state index in [1.54, 1.807) is 0 Å². The number of pyridine rings is 1. The lowest BCUT2D eigenvalue weighted by Crippen LogP contribution is -2.14. The van der Waals surface area contributed by atoms with Crippen LogP contribution in [0.25, 0.3) is 0 Å². The summed E-state index contributed by atoms with van der Waals surface area (Å²) < 4.78 is 0.0983. The van der Waals surface area contributed by atoms with Gasteiger partial charge in [0.2, 0.25) is 0 Å². The Balaban J connectivity index is 2.26. The Kier molecular flexibility index (Phi) is 4.25. The Morgan fingerprint density at radius 1 is 1.38 bits per heavy atom. The van der Waals surface area contributed by atoms with Crippen LogP contribution in [0, 0.1) is 21.4 Å². The van der Waals surface area contributed by atoms with Crippen LogP contribution in [0.4, 0.5) is 11.5 Å². The lowest BCUT2D eigenvalue weighted by Gasteiger charge is -2.06. The Labute approximate surface area is 127 Å². The van der Waals surface area contributed by atoms with Crippen molar-refractivity contribution in [1.82, 2.24) is 4.98 Å². The van der Waals surface area contributed by atoms with Crippen molar-refractivity contribution in [1.29, 1.82) is 5.26 Å². The van der Waals surface area contributed by atoms with Crippen molar-refractivity contribution < 1.29 is 9.72 Å². The number of halogens is 1. The van der Waals surface area contributed by atoms with E-state index in [0.717, 1.165) is 0 Å². The van der Waals surface area contributed by atoms with Gasteiger partial charge in [-0.2, -0.15) is 5.26 Å². The minimum atomic E-state index is -0.583. The molecule has 1 heterocycles. The van der Waals surface area contributed by atoms with Gasteiger partial charge in [-0.1, -0.05) is 6.07 Å². The summed E-state index contributed by atoms with van der Waals surface area (Å²) >= 11 is 3.05. The van der Waals surface area contributed by atoms with E-state index in [-0.39, 0.29) is 21.5 Å². The molecule has 1 N–H and O–H groups in total. The molecule has 1 amide bonds. The van der Waals surface area contributed by atoms with Crippen LogP contribution in [0.1, 0.15) is 15.9 Å². The number of hydrogen-bond donors (Lipinski definition) is 1. The van der Waals surface area contributed by atoms with Gasteiger partial charge in [0.05, 0.1) is 16.1 Å².